The fraction of sp³-hybridized carbons (Fsp3) is 0.200. The Morgan fingerprint density at radius 2 is 2.10 bits per heavy atom. The summed E-state index contributed by atoms with van der Waals surface area (Å²) in [6, 6.07) is 11.4. The molecule has 0 spiro atoms. The van der Waals surface area contributed by atoms with Gasteiger partial charge in [0.2, 0.25) is 0 Å². The Kier molecular flexibility index (Phi) is 3.98. The minimum atomic E-state index is -0.868. The third-order valence-electron chi connectivity index (χ3n) is 3.27. The van der Waals surface area contributed by atoms with Crippen LogP contribution in [-0.2, 0) is 11.3 Å². The van der Waals surface area contributed by atoms with Crippen LogP contribution in [0.5, 0.6) is 0 Å². The zero-order valence-electron chi connectivity index (χ0n) is 11.1. The number of aliphatic carboxylic acids is 1. The Hall–Kier alpha value is -1.79. The van der Waals surface area contributed by atoms with Crippen molar-refractivity contribution in [3.63, 3.8) is 0 Å². The van der Waals surface area contributed by atoms with Crippen LogP contribution >= 0.6 is 23.1 Å². The predicted molar refractivity (Wildman–Crippen MR) is 83.5 cm³/mol. The summed E-state index contributed by atoms with van der Waals surface area (Å²) in [5, 5.41) is 10.7. The highest BCUT2D eigenvalue weighted by Gasteiger charge is 2.37. The van der Waals surface area contributed by atoms with Gasteiger partial charge in [-0.1, -0.05) is 24.3 Å². The third kappa shape index (κ3) is 2.82. The molecule has 21 heavy (non-hydrogen) atoms. The number of amides is 1. The Bertz CT molecular complexity index is 669. The monoisotopic (exact) mass is 319 g/mol. The SMILES string of the molecule is O=C(O)CS[C@@H]1c2ccccc2C(=O)N1Cc1cccs1. The maximum absolute atomic E-state index is 12.5. The summed E-state index contributed by atoms with van der Waals surface area (Å²) in [5.41, 5.74) is 1.59. The van der Waals surface area contributed by atoms with E-state index in [9.17, 15) is 9.59 Å². The Morgan fingerprint density at radius 1 is 1.29 bits per heavy atom. The lowest BCUT2D eigenvalue weighted by molar-refractivity contribution is -0.133. The number of rotatable bonds is 5. The molecule has 0 saturated carbocycles. The summed E-state index contributed by atoms with van der Waals surface area (Å²) in [6.45, 7) is 0.516. The summed E-state index contributed by atoms with van der Waals surface area (Å²) in [4.78, 5) is 26.2. The standard InChI is InChI=1S/C15H13NO3S2/c17-13(18)9-21-15-12-6-2-1-5-11(12)14(19)16(15)8-10-4-3-7-20-10/h1-7,15H,8-9H2,(H,17,18)/t15-/m1/s1. The number of fused-ring (bicyclic) bond motifs is 1. The molecule has 0 radical (unpaired) electrons. The lowest BCUT2D eigenvalue weighted by Gasteiger charge is -2.23. The normalized spacial score (nSPS) is 17.0. The maximum Gasteiger partial charge on any atom is 0.313 e. The van der Waals surface area contributed by atoms with Crippen LogP contribution in [0.3, 0.4) is 0 Å². The zero-order chi connectivity index (χ0) is 14.8. The van der Waals surface area contributed by atoms with Gasteiger partial charge in [-0.2, -0.15) is 0 Å². The second-order valence-corrected chi connectivity index (χ2v) is 6.76. The van der Waals surface area contributed by atoms with Gasteiger partial charge in [-0.15, -0.1) is 23.1 Å². The van der Waals surface area contributed by atoms with E-state index in [0.29, 0.717) is 12.1 Å². The fourth-order valence-corrected chi connectivity index (χ4v) is 4.13. The van der Waals surface area contributed by atoms with E-state index in [4.69, 9.17) is 5.11 Å². The molecule has 2 aromatic rings. The number of hydrogen-bond donors (Lipinski definition) is 1. The molecule has 1 aromatic carbocycles. The van der Waals surface area contributed by atoms with Gasteiger partial charge >= 0.3 is 5.97 Å². The summed E-state index contributed by atoms with van der Waals surface area (Å²) in [5.74, 6) is -0.914. The average Bonchev–Trinajstić information content (AvgIpc) is 3.06. The van der Waals surface area contributed by atoms with E-state index in [1.54, 1.807) is 22.3 Å². The number of hydrogen-bond acceptors (Lipinski definition) is 4. The summed E-state index contributed by atoms with van der Waals surface area (Å²) in [6.07, 6.45) is 0. The van der Waals surface area contributed by atoms with Crippen LogP contribution in [0.15, 0.2) is 41.8 Å². The number of thioether (sulfide) groups is 1. The molecule has 0 bridgehead atoms. The van der Waals surface area contributed by atoms with Crippen molar-refractivity contribution in [2.24, 2.45) is 0 Å². The molecule has 2 heterocycles. The van der Waals surface area contributed by atoms with Crippen LogP contribution in [0.4, 0.5) is 0 Å². The first-order chi connectivity index (χ1) is 10.2. The molecule has 0 aliphatic carbocycles. The van der Waals surface area contributed by atoms with Crippen molar-refractivity contribution >= 4 is 35.0 Å². The van der Waals surface area contributed by atoms with Gasteiger partial charge in [0.25, 0.3) is 5.91 Å². The van der Waals surface area contributed by atoms with Gasteiger partial charge in [0, 0.05) is 10.4 Å². The third-order valence-corrected chi connectivity index (χ3v) is 5.37. The van der Waals surface area contributed by atoms with Crippen LogP contribution in [0.25, 0.3) is 0 Å². The number of carbonyl (C=O) groups is 2. The van der Waals surface area contributed by atoms with Crippen molar-refractivity contribution in [2.75, 3.05) is 5.75 Å². The number of nitrogens with zero attached hydrogens (tertiary/aromatic N) is 1. The van der Waals surface area contributed by atoms with Gasteiger partial charge < -0.3 is 10.0 Å². The predicted octanol–water partition coefficient (Wildman–Crippen LogP) is 3.22. The fourth-order valence-electron chi connectivity index (χ4n) is 2.39. The highest BCUT2D eigenvalue weighted by molar-refractivity contribution is 8.00. The largest absolute Gasteiger partial charge is 0.481 e. The van der Waals surface area contributed by atoms with Gasteiger partial charge in [0.05, 0.1) is 12.3 Å². The van der Waals surface area contributed by atoms with Crippen LogP contribution in [0.2, 0.25) is 0 Å². The van der Waals surface area contributed by atoms with Crippen molar-refractivity contribution < 1.29 is 14.7 Å². The van der Waals surface area contributed by atoms with Crippen molar-refractivity contribution in [3.05, 3.63) is 57.8 Å². The number of carbonyl (C=O) groups excluding carboxylic acids is 1. The molecular weight excluding hydrogens is 306 g/mol. The van der Waals surface area contributed by atoms with Crippen molar-refractivity contribution in [3.8, 4) is 0 Å². The second-order valence-electron chi connectivity index (χ2n) is 4.66. The van der Waals surface area contributed by atoms with Crippen LogP contribution < -0.4 is 0 Å². The van der Waals surface area contributed by atoms with E-state index < -0.39 is 5.97 Å². The minimum absolute atomic E-state index is 0.0206. The van der Waals surface area contributed by atoms with Crippen LogP contribution in [0, 0.1) is 0 Å². The first-order valence-corrected chi connectivity index (χ1v) is 8.35. The molecule has 1 amide bonds. The lowest BCUT2D eigenvalue weighted by Crippen LogP contribution is -2.26. The van der Waals surface area contributed by atoms with Crippen molar-refractivity contribution in [1.29, 1.82) is 0 Å². The highest BCUT2D eigenvalue weighted by atomic mass is 32.2. The highest BCUT2D eigenvalue weighted by Crippen LogP contribution is 2.42. The molecule has 1 aliphatic rings. The van der Waals surface area contributed by atoms with E-state index in [-0.39, 0.29) is 17.0 Å². The van der Waals surface area contributed by atoms with Crippen molar-refractivity contribution in [2.45, 2.75) is 11.9 Å². The molecule has 6 heteroatoms. The molecule has 108 valence electrons. The van der Waals surface area contributed by atoms with Crippen LogP contribution in [0.1, 0.15) is 26.2 Å². The topological polar surface area (TPSA) is 57.6 Å². The Balaban J connectivity index is 1.90. The maximum atomic E-state index is 12.5. The zero-order valence-corrected chi connectivity index (χ0v) is 12.7. The Labute approximate surface area is 130 Å². The van der Waals surface area contributed by atoms with Gasteiger partial charge in [-0.3, -0.25) is 9.59 Å². The molecule has 3 rings (SSSR count). The molecule has 4 nitrogen and oxygen atoms in total. The van der Waals surface area contributed by atoms with Crippen LogP contribution in [-0.4, -0.2) is 27.6 Å². The quantitative estimate of drug-likeness (QED) is 0.919. The average molecular weight is 319 g/mol. The minimum Gasteiger partial charge on any atom is -0.481 e. The molecule has 1 atom stereocenters. The van der Waals surface area contributed by atoms with E-state index in [0.717, 1.165) is 10.4 Å². The van der Waals surface area contributed by atoms with Crippen molar-refractivity contribution in [1.82, 2.24) is 4.90 Å². The molecule has 1 N–H and O–H groups in total. The summed E-state index contributed by atoms with van der Waals surface area (Å²) < 4.78 is 0. The molecule has 0 fully saturated rings. The Morgan fingerprint density at radius 3 is 2.81 bits per heavy atom. The lowest BCUT2D eigenvalue weighted by atomic mass is 10.1. The van der Waals surface area contributed by atoms with Gasteiger partial charge in [-0.25, -0.2) is 0 Å². The van der Waals surface area contributed by atoms with Gasteiger partial charge in [-0.05, 0) is 23.1 Å². The molecule has 1 aromatic heterocycles. The molecule has 0 unspecified atom stereocenters. The number of benzene rings is 1. The summed E-state index contributed by atoms with van der Waals surface area (Å²) >= 11 is 2.88. The number of carboxylic acids is 1. The molecule has 1 aliphatic heterocycles. The van der Waals surface area contributed by atoms with Gasteiger partial charge in [0.15, 0.2) is 0 Å². The van der Waals surface area contributed by atoms with E-state index in [1.807, 2.05) is 35.7 Å². The number of thiophene rings is 1. The first kappa shape index (κ1) is 14.2. The molecular formula is C15H13NO3S2. The second kappa shape index (κ2) is 5.91. The van der Waals surface area contributed by atoms with E-state index in [2.05, 4.69) is 0 Å². The van der Waals surface area contributed by atoms with Gasteiger partial charge in [0.1, 0.15) is 5.37 Å². The molecule has 0 saturated heterocycles. The van der Waals surface area contributed by atoms with E-state index >= 15 is 0 Å². The first-order valence-electron chi connectivity index (χ1n) is 6.42. The number of carboxylic acid groups (broad SMARTS) is 1. The van der Waals surface area contributed by atoms with E-state index in [1.165, 1.54) is 11.8 Å². The smallest absolute Gasteiger partial charge is 0.313 e. The summed E-state index contributed by atoms with van der Waals surface area (Å²) in [7, 11) is 0.